The number of carbonyl (C=O) groups excluding carboxylic acids is 1. The van der Waals surface area contributed by atoms with Crippen LogP contribution in [-0.4, -0.2) is 15.9 Å². The lowest BCUT2D eigenvalue weighted by molar-refractivity contribution is -0.117. The predicted molar refractivity (Wildman–Crippen MR) is 64.9 cm³/mol. The summed E-state index contributed by atoms with van der Waals surface area (Å²) >= 11 is 0. The third-order valence-electron chi connectivity index (χ3n) is 2.64. The number of hydrogen-bond acceptors (Lipinski definition) is 3. The lowest BCUT2D eigenvalue weighted by atomic mass is 9.91. The predicted octanol–water partition coefficient (Wildman–Crippen LogP) is 2.51. The number of hydrogen-bond donors (Lipinski definition) is 1. The van der Waals surface area contributed by atoms with E-state index in [1.165, 1.54) is 6.92 Å². The second kappa shape index (κ2) is 4.78. The number of Topliss-reactive ketones (excluding diaryl/α,β-unsaturated/α-hetero) is 1. The molecule has 2 rings (SSSR count). The Kier molecular flexibility index (Phi) is 3.19. The zero-order valence-corrected chi connectivity index (χ0v) is 9.50. The van der Waals surface area contributed by atoms with Gasteiger partial charge in [-0.05, 0) is 25.1 Å². The zero-order valence-electron chi connectivity index (χ0n) is 9.50. The molecular weight excluding hydrogens is 214 g/mol. The first-order valence-corrected chi connectivity index (χ1v) is 5.39. The monoisotopic (exact) mass is 227 g/mol. The van der Waals surface area contributed by atoms with Gasteiger partial charge in [0.15, 0.2) is 0 Å². The number of carbonyl (C=O) groups is 1. The van der Waals surface area contributed by atoms with Crippen LogP contribution in [-0.2, 0) is 4.79 Å². The molecule has 86 valence electrons. The molecule has 0 spiro atoms. The van der Waals surface area contributed by atoms with Gasteiger partial charge in [0.1, 0.15) is 11.5 Å². The lowest BCUT2D eigenvalue weighted by Gasteiger charge is -2.14. The van der Waals surface area contributed by atoms with Crippen molar-refractivity contribution in [3.63, 3.8) is 0 Å². The molecule has 0 aliphatic rings. The van der Waals surface area contributed by atoms with Crippen LogP contribution < -0.4 is 0 Å². The molecule has 1 aromatic heterocycles. The van der Waals surface area contributed by atoms with E-state index in [4.69, 9.17) is 0 Å². The van der Waals surface area contributed by atoms with Crippen LogP contribution in [0.3, 0.4) is 0 Å². The summed E-state index contributed by atoms with van der Waals surface area (Å²) in [7, 11) is 0. The van der Waals surface area contributed by atoms with E-state index in [1.807, 2.05) is 6.07 Å². The normalized spacial score (nSPS) is 12.1. The van der Waals surface area contributed by atoms with Gasteiger partial charge in [-0.25, -0.2) is 0 Å². The fraction of sp³-hybridized carbons (Fsp3) is 0.143. The van der Waals surface area contributed by atoms with Crippen LogP contribution in [0.1, 0.15) is 24.1 Å². The Bertz CT molecular complexity index is 523. The standard InChI is InChI=1S/C14H13NO2/c1-10(16)14(12-7-4-5-9-15-12)11-6-2-3-8-13(11)17/h2-9,14,17H,1H3. The number of aromatic nitrogens is 1. The van der Waals surface area contributed by atoms with Crippen LogP contribution >= 0.6 is 0 Å². The molecular formula is C14H13NO2. The smallest absolute Gasteiger partial charge is 0.143 e. The SMILES string of the molecule is CC(=O)C(c1ccccn1)c1ccccc1O. The topological polar surface area (TPSA) is 50.2 Å². The van der Waals surface area contributed by atoms with Gasteiger partial charge in [0.2, 0.25) is 0 Å². The van der Waals surface area contributed by atoms with Crippen LogP contribution in [0.2, 0.25) is 0 Å². The minimum atomic E-state index is -0.502. The maximum atomic E-state index is 11.7. The molecule has 1 heterocycles. The van der Waals surface area contributed by atoms with Crippen LogP contribution in [0, 0.1) is 0 Å². The molecule has 0 saturated carbocycles. The highest BCUT2D eigenvalue weighted by molar-refractivity contribution is 5.87. The Morgan fingerprint density at radius 2 is 1.88 bits per heavy atom. The van der Waals surface area contributed by atoms with Crippen molar-refractivity contribution in [2.24, 2.45) is 0 Å². The molecule has 1 unspecified atom stereocenters. The first-order chi connectivity index (χ1) is 8.20. The number of para-hydroxylation sites is 1. The van der Waals surface area contributed by atoms with Gasteiger partial charge in [-0.1, -0.05) is 24.3 Å². The molecule has 0 fully saturated rings. The van der Waals surface area contributed by atoms with Crippen molar-refractivity contribution >= 4 is 5.78 Å². The maximum Gasteiger partial charge on any atom is 0.143 e. The summed E-state index contributed by atoms with van der Waals surface area (Å²) in [5.74, 6) is -0.416. The van der Waals surface area contributed by atoms with Gasteiger partial charge in [0, 0.05) is 11.8 Å². The summed E-state index contributed by atoms with van der Waals surface area (Å²) in [5.41, 5.74) is 1.25. The third kappa shape index (κ3) is 2.33. The molecule has 0 aliphatic carbocycles. The van der Waals surface area contributed by atoms with E-state index in [1.54, 1.807) is 42.6 Å². The van der Waals surface area contributed by atoms with Gasteiger partial charge in [0.05, 0.1) is 11.6 Å². The van der Waals surface area contributed by atoms with Crippen LogP contribution in [0.25, 0.3) is 0 Å². The average Bonchev–Trinajstić information content (AvgIpc) is 2.33. The minimum Gasteiger partial charge on any atom is -0.508 e. The Balaban J connectivity index is 2.51. The van der Waals surface area contributed by atoms with E-state index >= 15 is 0 Å². The van der Waals surface area contributed by atoms with Gasteiger partial charge in [0.25, 0.3) is 0 Å². The number of rotatable bonds is 3. The Hall–Kier alpha value is -2.16. The number of nitrogens with zero attached hydrogens (tertiary/aromatic N) is 1. The van der Waals surface area contributed by atoms with Crippen molar-refractivity contribution in [2.45, 2.75) is 12.8 Å². The highest BCUT2D eigenvalue weighted by Crippen LogP contribution is 2.30. The second-order valence-corrected chi connectivity index (χ2v) is 3.86. The van der Waals surface area contributed by atoms with Crippen LogP contribution in [0.15, 0.2) is 48.7 Å². The van der Waals surface area contributed by atoms with Crippen molar-refractivity contribution in [1.82, 2.24) is 4.98 Å². The fourth-order valence-electron chi connectivity index (χ4n) is 1.86. The minimum absolute atomic E-state index is 0.0369. The average molecular weight is 227 g/mol. The number of aromatic hydroxyl groups is 1. The third-order valence-corrected chi connectivity index (χ3v) is 2.64. The van der Waals surface area contributed by atoms with Crippen LogP contribution in [0.5, 0.6) is 5.75 Å². The molecule has 1 atom stereocenters. The molecule has 0 bridgehead atoms. The molecule has 3 nitrogen and oxygen atoms in total. The molecule has 0 amide bonds. The highest BCUT2D eigenvalue weighted by Gasteiger charge is 2.22. The summed E-state index contributed by atoms with van der Waals surface area (Å²) in [4.78, 5) is 15.9. The van der Waals surface area contributed by atoms with E-state index in [-0.39, 0.29) is 11.5 Å². The van der Waals surface area contributed by atoms with Gasteiger partial charge in [-0.15, -0.1) is 0 Å². The summed E-state index contributed by atoms with van der Waals surface area (Å²) in [6.07, 6.45) is 1.64. The van der Waals surface area contributed by atoms with Gasteiger partial charge < -0.3 is 5.11 Å². The first kappa shape index (κ1) is 11.3. The lowest BCUT2D eigenvalue weighted by Crippen LogP contribution is -2.12. The van der Waals surface area contributed by atoms with E-state index in [0.717, 1.165) is 0 Å². The Morgan fingerprint density at radius 1 is 1.18 bits per heavy atom. The highest BCUT2D eigenvalue weighted by atomic mass is 16.3. The molecule has 17 heavy (non-hydrogen) atoms. The van der Waals surface area contributed by atoms with E-state index in [0.29, 0.717) is 11.3 Å². The van der Waals surface area contributed by atoms with Crippen molar-refractivity contribution in [2.75, 3.05) is 0 Å². The Labute approximate surface area is 99.8 Å². The van der Waals surface area contributed by atoms with Gasteiger partial charge in [-0.2, -0.15) is 0 Å². The zero-order chi connectivity index (χ0) is 12.3. The molecule has 1 aromatic carbocycles. The number of ketones is 1. The van der Waals surface area contributed by atoms with Crippen molar-refractivity contribution in [1.29, 1.82) is 0 Å². The number of benzene rings is 1. The largest absolute Gasteiger partial charge is 0.508 e. The molecule has 1 N–H and O–H groups in total. The molecule has 0 saturated heterocycles. The number of phenolic OH excluding ortho intramolecular Hbond substituents is 1. The number of pyridine rings is 1. The quantitative estimate of drug-likeness (QED) is 0.876. The van der Waals surface area contributed by atoms with Gasteiger partial charge in [-0.3, -0.25) is 9.78 Å². The summed E-state index contributed by atoms with van der Waals surface area (Å²) in [6, 6.07) is 12.3. The van der Waals surface area contributed by atoms with Crippen LogP contribution in [0.4, 0.5) is 0 Å². The van der Waals surface area contributed by atoms with E-state index in [9.17, 15) is 9.90 Å². The van der Waals surface area contributed by atoms with E-state index < -0.39 is 5.92 Å². The summed E-state index contributed by atoms with van der Waals surface area (Å²) in [5, 5.41) is 9.81. The van der Waals surface area contributed by atoms with Gasteiger partial charge >= 0.3 is 0 Å². The molecule has 3 heteroatoms. The van der Waals surface area contributed by atoms with Crippen molar-refractivity contribution < 1.29 is 9.90 Å². The maximum absolute atomic E-state index is 11.7. The molecule has 0 aliphatic heterocycles. The second-order valence-electron chi connectivity index (χ2n) is 3.86. The fourth-order valence-corrected chi connectivity index (χ4v) is 1.86. The first-order valence-electron chi connectivity index (χ1n) is 5.39. The Morgan fingerprint density at radius 3 is 2.47 bits per heavy atom. The van der Waals surface area contributed by atoms with Crippen molar-refractivity contribution in [3.05, 3.63) is 59.9 Å². The molecule has 2 aromatic rings. The number of phenols is 1. The molecule has 0 radical (unpaired) electrons. The van der Waals surface area contributed by atoms with E-state index in [2.05, 4.69) is 4.98 Å². The summed E-state index contributed by atoms with van der Waals surface area (Å²) in [6.45, 7) is 1.51. The van der Waals surface area contributed by atoms with Crippen molar-refractivity contribution in [3.8, 4) is 5.75 Å². The summed E-state index contributed by atoms with van der Waals surface area (Å²) < 4.78 is 0.